The molecule has 0 aliphatic rings. The first kappa shape index (κ1) is 16.2. The monoisotopic (exact) mass is 296 g/mol. The van der Waals surface area contributed by atoms with Crippen molar-refractivity contribution in [2.75, 3.05) is 13.1 Å². The molecule has 0 bridgehead atoms. The molecule has 0 fully saturated rings. The van der Waals surface area contributed by atoms with Crippen LogP contribution in [0, 0.1) is 13.8 Å². The zero-order chi connectivity index (χ0) is 16.3. The van der Waals surface area contributed by atoms with Gasteiger partial charge in [0.15, 0.2) is 0 Å². The molecule has 6 N–H and O–H groups in total. The van der Waals surface area contributed by atoms with Gasteiger partial charge in [-0.1, -0.05) is 0 Å². The molecular weight excluding hydrogens is 280 g/mol. The van der Waals surface area contributed by atoms with Crippen LogP contribution in [0.15, 0.2) is 0 Å². The highest BCUT2D eigenvalue weighted by Gasteiger charge is 2.27. The SMILES string of the molecule is Cc1[nH]c(C(=O)O)c(C)c1C(=O)N(CC(N)=O)CC(N)=O. The quantitative estimate of drug-likeness (QED) is 0.514. The number of carbonyl (C=O) groups is 4. The number of aromatic nitrogens is 1. The van der Waals surface area contributed by atoms with Crippen LogP contribution < -0.4 is 11.5 Å². The molecule has 9 heteroatoms. The van der Waals surface area contributed by atoms with Gasteiger partial charge in [-0.2, -0.15) is 0 Å². The molecule has 1 heterocycles. The predicted octanol–water partition coefficient (Wildman–Crippen LogP) is -1.26. The summed E-state index contributed by atoms with van der Waals surface area (Å²) < 4.78 is 0. The number of nitrogens with zero attached hydrogens (tertiary/aromatic N) is 1. The maximum Gasteiger partial charge on any atom is 0.352 e. The number of carboxylic acid groups (broad SMARTS) is 1. The number of primary amides is 2. The lowest BCUT2D eigenvalue weighted by Gasteiger charge is -2.19. The van der Waals surface area contributed by atoms with Gasteiger partial charge >= 0.3 is 5.97 Å². The molecule has 0 atom stereocenters. The molecule has 0 aliphatic heterocycles. The number of nitrogens with one attached hydrogen (secondary N) is 1. The minimum Gasteiger partial charge on any atom is -0.477 e. The van der Waals surface area contributed by atoms with Crippen molar-refractivity contribution >= 4 is 23.7 Å². The zero-order valence-electron chi connectivity index (χ0n) is 11.6. The summed E-state index contributed by atoms with van der Waals surface area (Å²) in [6.45, 7) is 1.98. The van der Waals surface area contributed by atoms with Crippen LogP contribution in [0.3, 0.4) is 0 Å². The lowest BCUT2D eigenvalue weighted by molar-refractivity contribution is -0.121. The summed E-state index contributed by atoms with van der Waals surface area (Å²) in [5.41, 5.74) is 10.5. The number of hydrogen-bond donors (Lipinski definition) is 4. The molecule has 1 aromatic rings. The molecule has 0 unspecified atom stereocenters. The maximum atomic E-state index is 12.4. The third-order valence-electron chi connectivity index (χ3n) is 2.85. The van der Waals surface area contributed by atoms with E-state index in [4.69, 9.17) is 16.6 Å². The molecule has 0 radical (unpaired) electrons. The predicted molar refractivity (Wildman–Crippen MR) is 71.5 cm³/mol. The summed E-state index contributed by atoms with van der Waals surface area (Å²) in [4.78, 5) is 48.8. The Morgan fingerprint density at radius 3 is 1.90 bits per heavy atom. The summed E-state index contributed by atoms with van der Waals surface area (Å²) in [5, 5.41) is 9.01. The fourth-order valence-electron chi connectivity index (χ4n) is 2.02. The summed E-state index contributed by atoms with van der Waals surface area (Å²) in [6.07, 6.45) is 0. The van der Waals surface area contributed by atoms with E-state index in [0.717, 1.165) is 4.90 Å². The van der Waals surface area contributed by atoms with Crippen molar-refractivity contribution in [3.63, 3.8) is 0 Å². The molecule has 0 spiro atoms. The van der Waals surface area contributed by atoms with Gasteiger partial charge in [-0.25, -0.2) is 4.79 Å². The third-order valence-corrected chi connectivity index (χ3v) is 2.85. The second-order valence-electron chi connectivity index (χ2n) is 4.52. The van der Waals surface area contributed by atoms with Gasteiger partial charge in [-0.3, -0.25) is 14.4 Å². The van der Waals surface area contributed by atoms with Crippen LogP contribution in [-0.4, -0.2) is 51.8 Å². The van der Waals surface area contributed by atoms with Gasteiger partial charge in [-0.05, 0) is 19.4 Å². The van der Waals surface area contributed by atoms with Gasteiger partial charge in [0, 0.05) is 5.69 Å². The van der Waals surface area contributed by atoms with Crippen molar-refractivity contribution < 1.29 is 24.3 Å². The van der Waals surface area contributed by atoms with Crippen molar-refractivity contribution in [3.05, 3.63) is 22.5 Å². The van der Waals surface area contributed by atoms with Crippen molar-refractivity contribution in [1.29, 1.82) is 0 Å². The van der Waals surface area contributed by atoms with Crippen LogP contribution in [0.1, 0.15) is 32.1 Å². The Bertz CT molecular complexity index is 603. The fourth-order valence-corrected chi connectivity index (χ4v) is 2.02. The van der Waals surface area contributed by atoms with Crippen LogP contribution in [0.4, 0.5) is 0 Å². The first-order valence-electron chi connectivity index (χ1n) is 5.93. The molecule has 3 amide bonds. The lowest BCUT2D eigenvalue weighted by Crippen LogP contribution is -2.43. The molecular formula is C12H16N4O5. The molecule has 0 saturated heterocycles. The molecule has 0 aliphatic carbocycles. The van der Waals surface area contributed by atoms with E-state index in [0.29, 0.717) is 5.69 Å². The minimum absolute atomic E-state index is 0.0786. The largest absolute Gasteiger partial charge is 0.477 e. The van der Waals surface area contributed by atoms with E-state index < -0.39 is 36.8 Å². The van der Waals surface area contributed by atoms with Crippen LogP contribution in [-0.2, 0) is 9.59 Å². The number of aromatic carboxylic acids is 1. The fraction of sp³-hybridized carbons (Fsp3) is 0.333. The third kappa shape index (κ3) is 3.59. The van der Waals surface area contributed by atoms with Gasteiger partial charge in [0.05, 0.1) is 5.56 Å². The smallest absolute Gasteiger partial charge is 0.352 e. The normalized spacial score (nSPS) is 10.2. The van der Waals surface area contributed by atoms with E-state index in [1.165, 1.54) is 13.8 Å². The number of carbonyl (C=O) groups excluding carboxylic acids is 3. The number of nitrogens with two attached hydrogens (primary N) is 2. The van der Waals surface area contributed by atoms with Gasteiger partial charge in [0.25, 0.3) is 5.91 Å². The Labute approximate surface area is 119 Å². The number of hydrogen-bond acceptors (Lipinski definition) is 4. The highest BCUT2D eigenvalue weighted by Crippen LogP contribution is 2.19. The van der Waals surface area contributed by atoms with Crippen molar-refractivity contribution in [3.8, 4) is 0 Å². The molecule has 0 saturated carbocycles. The number of aryl methyl sites for hydroxylation is 1. The lowest BCUT2D eigenvalue weighted by atomic mass is 10.1. The van der Waals surface area contributed by atoms with E-state index >= 15 is 0 Å². The Balaban J connectivity index is 3.23. The van der Waals surface area contributed by atoms with Crippen molar-refractivity contribution in [2.45, 2.75) is 13.8 Å². The first-order valence-corrected chi connectivity index (χ1v) is 5.93. The molecule has 9 nitrogen and oxygen atoms in total. The Kier molecular flexibility index (Phi) is 4.69. The number of rotatable bonds is 6. The molecule has 1 rings (SSSR count). The topological polar surface area (TPSA) is 160 Å². The Hall–Kier alpha value is -2.84. The first-order chi connectivity index (χ1) is 9.65. The molecule has 0 aromatic carbocycles. The maximum absolute atomic E-state index is 12.4. The van der Waals surface area contributed by atoms with E-state index in [2.05, 4.69) is 4.98 Å². The van der Waals surface area contributed by atoms with Gasteiger partial charge in [0.2, 0.25) is 11.8 Å². The van der Waals surface area contributed by atoms with Crippen LogP contribution in [0.5, 0.6) is 0 Å². The van der Waals surface area contributed by atoms with Gasteiger partial charge in [-0.15, -0.1) is 0 Å². The van der Waals surface area contributed by atoms with E-state index in [1.54, 1.807) is 0 Å². The molecule has 1 aromatic heterocycles. The Morgan fingerprint density at radius 2 is 1.57 bits per heavy atom. The summed E-state index contributed by atoms with van der Waals surface area (Å²) in [7, 11) is 0. The van der Waals surface area contributed by atoms with E-state index in [1.807, 2.05) is 0 Å². The zero-order valence-corrected chi connectivity index (χ0v) is 11.6. The summed E-state index contributed by atoms with van der Waals surface area (Å²) in [5.74, 6) is -3.53. The molecule has 114 valence electrons. The van der Waals surface area contributed by atoms with Gasteiger partial charge < -0.3 is 26.5 Å². The van der Waals surface area contributed by atoms with Crippen molar-refractivity contribution in [1.82, 2.24) is 9.88 Å². The van der Waals surface area contributed by atoms with Crippen LogP contribution in [0.2, 0.25) is 0 Å². The highest BCUT2D eigenvalue weighted by atomic mass is 16.4. The average Bonchev–Trinajstić information content (AvgIpc) is 2.62. The Morgan fingerprint density at radius 1 is 1.10 bits per heavy atom. The van der Waals surface area contributed by atoms with Crippen LogP contribution >= 0.6 is 0 Å². The average molecular weight is 296 g/mol. The summed E-state index contributed by atoms with van der Waals surface area (Å²) in [6, 6.07) is 0. The minimum atomic E-state index is -1.22. The standard InChI is InChI=1S/C12H16N4O5/c1-5-9(6(2)15-10(5)12(20)21)11(19)16(3-7(13)17)4-8(14)18/h15H,3-4H2,1-2H3,(H2,13,17)(H2,14,18)(H,20,21). The second kappa shape index (κ2) is 6.07. The number of H-pyrrole nitrogens is 1. The number of amides is 3. The number of carboxylic acids is 1. The van der Waals surface area contributed by atoms with Crippen molar-refractivity contribution in [2.24, 2.45) is 11.5 Å². The van der Waals surface area contributed by atoms with Crippen LogP contribution in [0.25, 0.3) is 0 Å². The van der Waals surface area contributed by atoms with E-state index in [9.17, 15) is 19.2 Å². The second-order valence-corrected chi connectivity index (χ2v) is 4.52. The van der Waals surface area contributed by atoms with Gasteiger partial charge in [0.1, 0.15) is 18.8 Å². The van der Waals surface area contributed by atoms with E-state index in [-0.39, 0.29) is 16.8 Å². The highest BCUT2D eigenvalue weighted by molar-refractivity contribution is 6.03. The number of aromatic amines is 1. The summed E-state index contributed by atoms with van der Waals surface area (Å²) >= 11 is 0. The molecule has 21 heavy (non-hydrogen) atoms.